The molecule has 1 saturated heterocycles. The minimum atomic E-state index is -2.96. The topological polar surface area (TPSA) is 78.8 Å². The Labute approximate surface area is 164 Å². The van der Waals surface area contributed by atoms with Crippen LogP contribution < -0.4 is 4.90 Å². The second kappa shape index (κ2) is 8.22. The van der Waals surface area contributed by atoms with E-state index in [1.807, 2.05) is 25.1 Å². The normalized spacial score (nSPS) is 20.0. The van der Waals surface area contributed by atoms with Crippen LogP contribution in [0.4, 0.5) is 0 Å². The average Bonchev–Trinajstić information content (AvgIpc) is 3.16. The van der Waals surface area contributed by atoms with Gasteiger partial charge in [-0.1, -0.05) is 6.07 Å². The summed E-state index contributed by atoms with van der Waals surface area (Å²) in [6.45, 7) is 5.78. The molecule has 9 heteroatoms. The molecule has 1 unspecified atom stereocenters. The lowest BCUT2D eigenvalue weighted by Gasteiger charge is -2.24. The molecule has 0 saturated carbocycles. The average molecular weight is 413 g/mol. The van der Waals surface area contributed by atoms with E-state index in [4.69, 9.17) is 21.4 Å². The lowest BCUT2D eigenvalue weighted by molar-refractivity contribution is -0.945. The summed E-state index contributed by atoms with van der Waals surface area (Å²) in [5.41, 5.74) is 3.24. The van der Waals surface area contributed by atoms with Gasteiger partial charge in [0.05, 0.1) is 12.4 Å². The molecule has 0 amide bonds. The number of quaternary nitrogens is 1. The van der Waals surface area contributed by atoms with Gasteiger partial charge >= 0.3 is 0 Å². The molecule has 148 valence electrons. The molecular weight excluding hydrogens is 386 g/mol. The van der Waals surface area contributed by atoms with Crippen LogP contribution in [-0.4, -0.2) is 56.0 Å². The Balaban J connectivity index is 1.82. The van der Waals surface area contributed by atoms with Crippen molar-refractivity contribution in [2.75, 3.05) is 31.8 Å². The minimum Gasteiger partial charge on any atom is -0.409 e. The van der Waals surface area contributed by atoms with Gasteiger partial charge in [0.1, 0.15) is 18.3 Å². The predicted octanol–water partition coefficient (Wildman–Crippen LogP) is 1.17. The summed E-state index contributed by atoms with van der Waals surface area (Å²) in [5, 5.41) is 4.54. The zero-order valence-corrected chi connectivity index (χ0v) is 17.5. The van der Waals surface area contributed by atoms with Gasteiger partial charge in [-0.25, -0.2) is 8.42 Å². The monoisotopic (exact) mass is 412 g/mol. The number of nitrogens with one attached hydrogen (secondary N) is 1. The first-order chi connectivity index (χ1) is 12.8. The van der Waals surface area contributed by atoms with E-state index >= 15 is 0 Å². The molecule has 1 N–H and O–H groups in total. The molecule has 1 aromatic heterocycles. The molecule has 2 heterocycles. The van der Waals surface area contributed by atoms with Gasteiger partial charge in [0.25, 0.3) is 4.84 Å². The Bertz CT molecular complexity index is 965. The number of aromatic nitrogens is 2. The molecule has 1 aliphatic heterocycles. The number of rotatable bonds is 7. The van der Waals surface area contributed by atoms with Crippen LogP contribution in [0.2, 0.25) is 0 Å². The zero-order valence-electron chi connectivity index (χ0n) is 15.9. The minimum absolute atomic E-state index is 0.0221. The molecule has 2 aromatic rings. The fourth-order valence-electron chi connectivity index (χ4n) is 3.35. The van der Waals surface area contributed by atoms with Crippen molar-refractivity contribution in [3.05, 3.63) is 34.2 Å². The number of sulfone groups is 1. The maximum absolute atomic E-state index is 11.9. The summed E-state index contributed by atoms with van der Waals surface area (Å²) in [4.78, 5) is 1.38. The molecule has 0 radical (unpaired) electrons. The van der Waals surface area contributed by atoms with Crippen LogP contribution in [-0.2, 0) is 21.2 Å². The maximum Gasteiger partial charge on any atom is 0.292 e. The van der Waals surface area contributed by atoms with Crippen molar-refractivity contribution in [2.45, 2.75) is 33.0 Å². The molecule has 7 nitrogen and oxygen atoms in total. The largest absolute Gasteiger partial charge is 0.409 e. The quantitative estimate of drug-likeness (QED) is 0.688. The number of ether oxygens (including phenoxy) is 1. The fraction of sp³-hybridized carbons (Fsp3) is 0.556. The molecule has 1 aromatic carbocycles. The Morgan fingerprint density at radius 3 is 2.78 bits per heavy atom. The van der Waals surface area contributed by atoms with E-state index in [-0.39, 0.29) is 17.5 Å². The lowest BCUT2D eigenvalue weighted by Crippen LogP contribution is -3.16. The summed E-state index contributed by atoms with van der Waals surface area (Å²) < 4.78 is 36.3. The Morgan fingerprint density at radius 2 is 2.15 bits per heavy atom. The molecular formula is C18H26N3O4S2+. The molecule has 3 rings (SSSR count). The highest BCUT2D eigenvalue weighted by Gasteiger charge is 2.35. The third-order valence-electron chi connectivity index (χ3n) is 5.15. The van der Waals surface area contributed by atoms with Gasteiger partial charge in [-0.15, -0.1) is 5.10 Å². The van der Waals surface area contributed by atoms with Crippen LogP contribution >= 0.6 is 12.2 Å². The highest BCUT2D eigenvalue weighted by atomic mass is 32.2. The summed E-state index contributed by atoms with van der Waals surface area (Å²) in [7, 11) is -1.31. The molecule has 1 aliphatic rings. The number of nitrogens with zero attached hydrogens (tertiary/aromatic N) is 2. The first-order valence-electron chi connectivity index (χ1n) is 8.98. The van der Waals surface area contributed by atoms with Crippen LogP contribution in [0.15, 0.2) is 22.6 Å². The third-order valence-corrected chi connectivity index (χ3v) is 7.21. The van der Waals surface area contributed by atoms with E-state index in [1.165, 1.54) is 5.56 Å². The number of methoxy groups -OCH3 is 1. The van der Waals surface area contributed by atoms with E-state index in [0.29, 0.717) is 37.0 Å². The van der Waals surface area contributed by atoms with Gasteiger partial charge in [0.15, 0.2) is 16.5 Å². The van der Waals surface area contributed by atoms with E-state index < -0.39 is 9.84 Å². The molecule has 0 bridgehead atoms. The highest BCUT2D eigenvalue weighted by Crippen LogP contribution is 2.20. The van der Waals surface area contributed by atoms with E-state index in [1.54, 1.807) is 11.8 Å². The van der Waals surface area contributed by atoms with Gasteiger partial charge < -0.3 is 14.1 Å². The standard InChI is InChI=1S/C18H25N3O4S2/c1-13-4-5-15(10-14(13)2)17-19-21(18(26)25-17)12-20(7-8-24-3)16-6-9-27(22,23)11-16/h4-5,10,16H,6-9,11-12H2,1-3H3/p+1/t16-/m1/s1. The van der Waals surface area contributed by atoms with E-state index in [0.717, 1.165) is 16.0 Å². The molecule has 0 aliphatic carbocycles. The van der Waals surface area contributed by atoms with Gasteiger partial charge in [0, 0.05) is 19.1 Å². The fourth-order valence-corrected chi connectivity index (χ4v) is 5.36. The van der Waals surface area contributed by atoms with Crippen molar-refractivity contribution < 1.29 is 22.5 Å². The van der Waals surface area contributed by atoms with E-state index in [9.17, 15) is 8.42 Å². The van der Waals surface area contributed by atoms with Crippen LogP contribution in [0.1, 0.15) is 17.5 Å². The van der Waals surface area contributed by atoms with Crippen LogP contribution in [0.5, 0.6) is 0 Å². The van der Waals surface area contributed by atoms with Crippen molar-refractivity contribution in [1.29, 1.82) is 0 Å². The first kappa shape index (κ1) is 20.2. The maximum atomic E-state index is 11.9. The van der Waals surface area contributed by atoms with Crippen molar-refractivity contribution in [2.24, 2.45) is 0 Å². The number of benzene rings is 1. The van der Waals surface area contributed by atoms with Crippen LogP contribution in [0, 0.1) is 18.7 Å². The number of hydrogen-bond donors (Lipinski definition) is 1. The number of hydrogen-bond acceptors (Lipinski definition) is 6. The van der Waals surface area contributed by atoms with Crippen molar-refractivity contribution >= 4 is 22.1 Å². The second-order valence-electron chi connectivity index (χ2n) is 7.13. The van der Waals surface area contributed by atoms with Gasteiger partial charge in [-0.3, -0.25) is 0 Å². The Hall–Kier alpha value is -1.55. The van der Waals surface area contributed by atoms with E-state index in [2.05, 4.69) is 12.0 Å². The smallest absolute Gasteiger partial charge is 0.292 e. The summed E-state index contributed by atoms with van der Waals surface area (Å²) in [6, 6.07) is 6.04. The number of aryl methyl sites for hydroxylation is 2. The summed E-state index contributed by atoms with van der Waals surface area (Å²) in [6.07, 6.45) is 0.649. The molecule has 0 spiro atoms. The summed E-state index contributed by atoms with van der Waals surface area (Å²) >= 11 is 5.35. The zero-order chi connectivity index (χ0) is 19.6. The van der Waals surface area contributed by atoms with Gasteiger partial charge in [-0.05, 0) is 49.3 Å². The SMILES string of the molecule is COCC[NH+](Cn1nc(-c2ccc(C)c(C)c2)oc1=S)[C@@H]1CCS(=O)(=O)C1. The first-order valence-corrected chi connectivity index (χ1v) is 11.2. The van der Waals surface area contributed by atoms with Crippen LogP contribution in [0.25, 0.3) is 11.5 Å². The second-order valence-corrected chi connectivity index (χ2v) is 9.71. The van der Waals surface area contributed by atoms with Crippen molar-refractivity contribution in [3.8, 4) is 11.5 Å². The Morgan fingerprint density at radius 1 is 1.37 bits per heavy atom. The lowest BCUT2D eigenvalue weighted by atomic mass is 10.1. The highest BCUT2D eigenvalue weighted by molar-refractivity contribution is 7.91. The molecule has 27 heavy (non-hydrogen) atoms. The molecule has 1 fully saturated rings. The van der Waals surface area contributed by atoms with Crippen LogP contribution in [0.3, 0.4) is 0 Å². The predicted molar refractivity (Wildman–Crippen MR) is 105 cm³/mol. The van der Waals surface area contributed by atoms with Gasteiger partial charge in [0.2, 0.25) is 5.89 Å². The van der Waals surface area contributed by atoms with Crippen molar-refractivity contribution in [1.82, 2.24) is 9.78 Å². The summed E-state index contributed by atoms with van der Waals surface area (Å²) in [5.74, 6) is 0.918. The van der Waals surface area contributed by atoms with Gasteiger partial charge in [-0.2, -0.15) is 4.68 Å². The van der Waals surface area contributed by atoms with Crippen molar-refractivity contribution in [3.63, 3.8) is 0 Å². The molecule has 2 atom stereocenters. The Kier molecular flexibility index (Phi) is 6.15. The third kappa shape index (κ3) is 4.84.